The van der Waals surface area contributed by atoms with E-state index < -0.39 is 33.5 Å². The molecular formula is C12H6N4O2. The minimum Gasteiger partial charge on any atom is -0.289 e. The van der Waals surface area contributed by atoms with Crippen LogP contribution >= 0.6 is 0 Å². The maximum Gasteiger partial charge on any atom is 0.241 e. The van der Waals surface area contributed by atoms with Crippen LogP contribution in [0.25, 0.3) is 0 Å². The van der Waals surface area contributed by atoms with E-state index in [4.69, 9.17) is 15.8 Å². The van der Waals surface area contributed by atoms with Gasteiger partial charge in [-0.2, -0.15) is 21.0 Å². The predicted molar refractivity (Wildman–Crippen MR) is 55.7 cm³/mol. The molecule has 0 saturated heterocycles. The summed E-state index contributed by atoms with van der Waals surface area (Å²) in [6, 6.07) is 6.39. The average Bonchev–Trinajstić information content (AvgIpc) is 2.39. The van der Waals surface area contributed by atoms with Gasteiger partial charge in [-0.25, -0.2) is 0 Å². The Bertz CT molecular complexity index is 662. The van der Waals surface area contributed by atoms with Gasteiger partial charge in [-0.05, 0) is 13.8 Å². The molecule has 0 aromatic heterocycles. The molecule has 0 amide bonds. The third-order valence-electron chi connectivity index (χ3n) is 3.31. The molecule has 0 aliphatic heterocycles. The number of carbonyl (C=O) groups excluding carboxylic acids is 2. The molecule has 0 aromatic rings. The molecule has 0 heterocycles. The second kappa shape index (κ2) is 3.81. The molecule has 2 unspecified atom stereocenters. The van der Waals surface area contributed by atoms with Gasteiger partial charge >= 0.3 is 0 Å². The van der Waals surface area contributed by atoms with Crippen LogP contribution in [0.15, 0.2) is 11.1 Å². The Morgan fingerprint density at radius 2 is 1.39 bits per heavy atom. The van der Waals surface area contributed by atoms with Crippen LogP contribution in [-0.4, -0.2) is 11.6 Å². The van der Waals surface area contributed by atoms with Gasteiger partial charge in [0.25, 0.3) is 0 Å². The number of carbonyl (C=O) groups is 2. The summed E-state index contributed by atoms with van der Waals surface area (Å²) in [4.78, 5) is 23.5. The predicted octanol–water partition coefficient (Wildman–Crippen LogP) is 0.542. The van der Waals surface area contributed by atoms with Gasteiger partial charge < -0.3 is 0 Å². The van der Waals surface area contributed by atoms with E-state index in [9.17, 15) is 14.9 Å². The first-order valence-corrected chi connectivity index (χ1v) is 4.80. The molecule has 1 aliphatic carbocycles. The highest BCUT2D eigenvalue weighted by atomic mass is 16.2. The molecule has 0 saturated carbocycles. The molecule has 0 radical (unpaired) electrons. The molecule has 0 N–H and O–H groups in total. The largest absolute Gasteiger partial charge is 0.289 e. The van der Waals surface area contributed by atoms with E-state index in [2.05, 4.69) is 0 Å². The third-order valence-corrected chi connectivity index (χ3v) is 3.31. The number of rotatable bonds is 0. The van der Waals surface area contributed by atoms with E-state index in [-0.39, 0.29) is 0 Å². The molecule has 86 valence electrons. The fraction of sp³-hybridized carbons (Fsp3) is 0.333. The van der Waals surface area contributed by atoms with Crippen molar-refractivity contribution in [3.8, 4) is 24.3 Å². The van der Waals surface area contributed by atoms with E-state index in [1.54, 1.807) is 18.2 Å². The van der Waals surface area contributed by atoms with Crippen molar-refractivity contribution >= 4 is 11.6 Å². The van der Waals surface area contributed by atoms with Crippen molar-refractivity contribution in [2.24, 2.45) is 10.8 Å². The summed E-state index contributed by atoms with van der Waals surface area (Å²) in [5, 5.41) is 36.1. The monoisotopic (exact) mass is 238 g/mol. The summed E-state index contributed by atoms with van der Waals surface area (Å²) in [6.07, 6.45) is 0. The van der Waals surface area contributed by atoms with Gasteiger partial charge in [0.2, 0.25) is 11.6 Å². The zero-order chi connectivity index (χ0) is 14.1. The minimum absolute atomic E-state index is 0.429. The van der Waals surface area contributed by atoms with Crippen LogP contribution < -0.4 is 0 Å². The van der Waals surface area contributed by atoms with Crippen LogP contribution in [0.1, 0.15) is 13.8 Å². The van der Waals surface area contributed by atoms with Gasteiger partial charge in [-0.3, -0.25) is 9.59 Å². The van der Waals surface area contributed by atoms with Gasteiger partial charge in [0, 0.05) is 0 Å². The van der Waals surface area contributed by atoms with Gasteiger partial charge in [0.05, 0.1) is 23.8 Å². The van der Waals surface area contributed by atoms with Crippen molar-refractivity contribution in [1.82, 2.24) is 0 Å². The van der Waals surface area contributed by atoms with Crippen LogP contribution in [0.3, 0.4) is 0 Å². The van der Waals surface area contributed by atoms with E-state index in [0.29, 0.717) is 0 Å². The van der Waals surface area contributed by atoms with E-state index in [0.717, 1.165) is 6.92 Å². The van der Waals surface area contributed by atoms with Gasteiger partial charge in [0.15, 0.2) is 0 Å². The maximum absolute atomic E-state index is 11.9. The molecule has 0 spiro atoms. The number of nitrogens with zero attached hydrogens (tertiary/aromatic N) is 4. The Kier molecular flexibility index (Phi) is 2.77. The topological polar surface area (TPSA) is 129 Å². The van der Waals surface area contributed by atoms with Crippen molar-refractivity contribution < 1.29 is 9.59 Å². The van der Waals surface area contributed by atoms with Crippen molar-refractivity contribution in [2.45, 2.75) is 13.8 Å². The van der Waals surface area contributed by atoms with E-state index in [1.165, 1.54) is 13.0 Å². The molecule has 1 rings (SSSR count). The fourth-order valence-corrected chi connectivity index (χ4v) is 1.79. The molecule has 2 atom stereocenters. The SMILES string of the molecule is CC1(C#N)C(=O)C(=O)C(C#N)=C(C#N)C1(C)C#N. The molecule has 0 fully saturated rings. The quantitative estimate of drug-likeness (QED) is 0.566. The summed E-state index contributed by atoms with van der Waals surface area (Å²) in [5.74, 6) is -2.32. The zero-order valence-electron chi connectivity index (χ0n) is 9.61. The molecule has 1 aliphatic rings. The summed E-state index contributed by atoms with van der Waals surface area (Å²) < 4.78 is 0. The summed E-state index contributed by atoms with van der Waals surface area (Å²) in [7, 11) is 0. The van der Waals surface area contributed by atoms with E-state index >= 15 is 0 Å². The van der Waals surface area contributed by atoms with Crippen LogP contribution in [0.5, 0.6) is 0 Å². The lowest BCUT2D eigenvalue weighted by Gasteiger charge is -2.37. The van der Waals surface area contributed by atoms with Gasteiger partial charge in [-0.1, -0.05) is 0 Å². The smallest absolute Gasteiger partial charge is 0.241 e. The number of allylic oxidation sites excluding steroid dienone is 2. The lowest BCUT2D eigenvalue weighted by Crippen LogP contribution is -2.51. The Hall–Kier alpha value is -2.96. The van der Waals surface area contributed by atoms with Crippen LogP contribution in [0, 0.1) is 56.2 Å². The summed E-state index contributed by atoms with van der Waals surface area (Å²) in [6.45, 7) is 2.33. The highest BCUT2D eigenvalue weighted by molar-refractivity contribution is 6.48. The highest BCUT2D eigenvalue weighted by Gasteiger charge is 2.61. The van der Waals surface area contributed by atoms with Crippen molar-refractivity contribution in [2.75, 3.05) is 0 Å². The van der Waals surface area contributed by atoms with Gasteiger partial charge in [0.1, 0.15) is 22.5 Å². The number of hydrogen-bond acceptors (Lipinski definition) is 6. The van der Waals surface area contributed by atoms with Crippen molar-refractivity contribution in [1.29, 1.82) is 21.0 Å². The third kappa shape index (κ3) is 1.18. The molecule has 6 heteroatoms. The van der Waals surface area contributed by atoms with Crippen LogP contribution in [0.4, 0.5) is 0 Å². The van der Waals surface area contributed by atoms with Crippen molar-refractivity contribution in [3.63, 3.8) is 0 Å². The molecular weight excluding hydrogens is 232 g/mol. The Labute approximate surface area is 103 Å². The van der Waals surface area contributed by atoms with Crippen molar-refractivity contribution in [3.05, 3.63) is 11.1 Å². The second-order valence-electron chi connectivity index (χ2n) is 4.11. The first kappa shape index (κ1) is 13.1. The normalized spacial score (nSPS) is 31.0. The van der Waals surface area contributed by atoms with Crippen LogP contribution in [-0.2, 0) is 9.59 Å². The minimum atomic E-state index is -1.97. The molecule has 0 aromatic carbocycles. The number of Topliss-reactive ketones (excluding diaryl/α,β-unsaturated/α-hetero) is 2. The number of hydrogen-bond donors (Lipinski definition) is 0. The lowest BCUT2D eigenvalue weighted by molar-refractivity contribution is -0.141. The first-order chi connectivity index (χ1) is 8.33. The summed E-state index contributed by atoms with van der Waals surface area (Å²) >= 11 is 0. The maximum atomic E-state index is 11.9. The lowest BCUT2D eigenvalue weighted by atomic mass is 9.56. The van der Waals surface area contributed by atoms with Gasteiger partial charge in [-0.15, -0.1) is 0 Å². The number of ketones is 2. The first-order valence-electron chi connectivity index (χ1n) is 4.80. The average molecular weight is 238 g/mol. The summed E-state index contributed by atoms with van der Waals surface area (Å²) in [5.41, 5.74) is -4.86. The van der Waals surface area contributed by atoms with Crippen LogP contribution in [0.2, 0.25) is 0 Å². The van der Waals surface area contributed by atoms with E-state index in [1.807, 2.05) is 0 Å². The Morgan fingerprint density at radius 1 is 0.889 bits per heavy atom. The zero-order valence-corrected chi connectivity index (χ0v) is 9.61. The second-order valence-corrected chi connectivity index (χ2v) is 4.11. The molecule has 0 bridgehead atoms. The Balaban J connectivity index is 3.92. The molecule has 18 heavy (non-hydrogen) atoms. The highest BCUT2D eigenvalue weighted by Crippen LogP contribution is 2.49. The fourth-order valence-electron chi connectivity index (χ4n) is 1.79. The standard InChI is InChI=1S/C12H6N4O2/c1-11(5-15)8(4-14)7(3-13)9(17)10(18)12(11,2)6-16/h1-2H3. The molecule has 6 nitrogen and oxygen atoms in total. The number of nitriles is 4. The Morgan fingerprint density at radius 3 is 1.72 bits per heavy atom.